The SMILES string of the molecule is Cc1cccc(Cl)c1N1CC=C[C@]23S[C@]4(C)/C=C\CCCCOC(=O)[C@@H]4[C@H]2C(=O)N(CCCCCO)C3C1=O. The van der Waals surface area contributed by atoms with Crippen LogP contribution in [0.25, 0.3) is 0 Å². The first-order valence-electron chi connectivity index (χ1n) is 14.0. The molecule has 1 aromatic carbocycles. The van der Waals surface area contributed by atoms with Crippen LogP contribution in [0.1, 0.15) is 51.0 Å². The fraction of sp³-hybridized carbons (Fsp3) is 0.567. The summed E-state index contributed by atoms with van der Waals surface area (Å²) < 4.78 is 4.11. The molecule has 2 saturated heterocycles. The molecule has 9 heteroatoms. The Morgan fingerprint density at radius 2 is 1.90 bits per heavy atom. The molecule has 4 heterocycles. The van der Waals surface area contributed by atoms with Crippen molar-refractivity contribution >= 4 is 46.8 Å². The van der Waals surface area contributed by atoms with Crippen LogP contribution in [0, 0.1) is 18.8 Å². The topological polar surface area (TPSA) is 87.2 Å². The van der Waals surface area contributed by atoms with Gasteiger partial charge in [-0.05, 0) is 64.0 Å². The molecule has 1 N–H and O–H groups in total. The number of aliphatic hydroxyl groups is 1. The number of benzene rings is 1. The number of aliphatic hydroxyl groups excluding tert-OH is 1. The number of aryl methyl sites for hydroxylation is 1. The maximum atomic E-state index is 14.6. The minimum absolute atomic E-state index is 0.0830. The molecule has 0 aliphatic carbocycles. The molecule has 0 bridgehead atoms. The smallest absolute Gasteiger partial charge is 0.311 e. The van der Waals surface area contributed by atoms with E-state index in [4.69, 9.17) is 16.3 Å². The molecule has 210 valence electrons. The molecule has 4 aliphatic heterocycles. The van der Waals surface area contributed by atoms with Crippen LogP contribution in [0.15, 0.2) is 42.5 Å². The number of likely N-dealkylation sites (tertiary alicyclic amines) is 1. The van der Waals surface area contributed by atoms with Crippen LogP contribution in [0.3, 0.4) is 0 Å². The average Bonchev–Trinajstić information content (AvgIpc) is 3.22. The molecule has 4 aliphatic rings. The molecule has 2 fully saturated rings. The van der Waals surface area contributed by atoms with Gasteiger partial charge in [-0.15, -0.1) is 11.8 Å². The van der Waals surface area contributed by atoms with E-state index >= 15 is 0 Å². The first-order chi connectivity index (χ1) is 18.7. The van der Waals surface area contributed by atoms with Gasteiger partial charge in [0.25, 0.3) is 5.91 Å². The van der Waals surface area contributed by atoms with E-state index in [1.165, 1.54) is 0 Å². The Morgan fingerprint density at radius 1 is 1.08 bits per heavy atom. The molecule has 5 atom stereocenters. The maximum absolute atomic E-state index is 14.6. The molecular formula is C30H37ClN2O5S. The number of anilines is 1. The highest BCUT2D eigenvalue weighted by molar-refractivity contribution is 8.02. The van der Waals surface area contributed by atoms with Gasteiger partial charge in [-0.25, -0.2) is 0 Å². The van der Waals surface area contributed by atoms with Crippen LogP contribution in [0.5, 0.6) is 0 Å². The maximum Gasteiger partial charge on any atom is 0.311 e. The van der Waals surface area contributed by atoms with Crippen molar-refractivity contribution in [3.8, 4) is 0 Å². The largest absolute Gasteiger partial charge is 0.465 e. The number of esters is 1. The first-order valence-corrected chi connectivity index (χ1v) is 15.1. The van der Waals surface area contributed by atoms with E-state index in [1.807, 2.05) is 38.1 Å². The number of unbranched alkanes of at least 4 members (excludes halogenated alkanes) is 2. The fourth-order valence-electron chi connectivity index (χ4n) is 6.77. The summed E-state index contributed by atoms with van der Waals surface area (Å²) in [4.78, 5) is 45.9. The number of hydrogen-bond acceptors (Lipinski definition) is 6. The Bertz CT molecular complexity index is 1180. The predicted molar refractivity (Wildman–Crippen MR) is 154 cm³/mol. The van der Waals surface area contributed by atoms with Gasteiger partial charge in [-0.3, -0.25) is 14.4 Å². The zero-order chi connectivity index (χ0) is 27.8. The predicted octanol–water partition coefficient (Wildman–Crippen LogP) is 4.68. The van der Waals surface area contributed by atoms with Crippen molar-refractivity contribution in [3.63, 3.8) is 0 Å². The lowest BCUT2D eigenvalue weighted by Gasteiger charge is -2.37. The second-order valence-electron chi connectivity index (χ2n) is 11.1. The van der Waals surface area contributed by atoms with E-state index in [0.717, 1.165) is 31.2 Å². The van der Waals surface area contributed by atoms with Crippen molar-refractivity contribution < 1.29 is 24.2 Å². The molecule has 5 rings (SSSR count). The second kappa shape index (κ2) is 11.3. The number of carbonyl (C=O) groups is 3. The van der Waals surface area contributed by atoms with Gasteiger partial charge in [0.15, 0.2) is 0 Å². The highest BCUT2D eigenvalue weighted by Crippen LogP contribution is 2.65. The summed E-state index contributed by atoms with van der Waals surface area (Å²) in [7, 11) is 0. The van der Waals surface area contributed by atoms with E-state index < -0.39 is 27.4 Å². The number of fused-ring (bicyclic) bond motifs is 2. The summed E-state index contributed by atoms with van der Waals surface area (Å²) in [5, 5.41) is 9.76. The van der Waals surface area contributed by atoms with Gasteiger partial charge < -0.3 is 19.6 Å². The third kappa shape index (κ3) is 4.82. The number of ether oxygens (including phenoxy) is 1. The molecule has 0 aromatic heterocycles. The normalized spacial score (nSPS) is 33.3. The number of para-hydroxylation sites is 1. The molecule has 39 heavy (non-hydrogen) atoms. The zero-order valence-corrected chi connectivity index (χ0v) is 24.2. The Labute approximate surface area is 239 Å². The van der Waals surface area contributed by atoms with Crippen LogP contribution in [0.2, 0.25) is 5.02 Å². The fourth-order valence-corrected chi connectivity index (χ4v) is 9.25. The van der Waals surface area contributed by atoms with Gasteiger partial charge in [-0.1, -0.05) is 48.0 Å². The lowest BCUT2D eigenvalue weighted by atomic mass is 9.74. The Kier molecular flexibility index (Phi) is 8.18. The Hall–Kier alpha value is -2.29. The lowest BCUT2D eigenvalue weighted by molar-refractivity contribution is -0.154. The van der Waals surface area contributed by atoms with Gasteiger partial charge in [-0.2, -0.15) is 0 Å². The minimum Gasteiger partial charge on any atom is -0.465 e. The van der Waals surface area contributed by atoms with Gasteiger partial charge in [0.1, 0.15) is 6.04 Å². The van der Waals surface area contributed by atoms with Crippen LogP contribution in [-0.2, 0) is 19.1 Å². The van der Waals surface area contributed by atoms with E-state index in [0.29, 0.717) is 43.2 Å². The zero-order valence-electron chi connectivity index (χ0n) is 22.6. The van der Waals surface area contributed by atoms with Crippen molar-refractivity contribution in [1.82, 2.24) is 4.90 Å². The van der Waals surface area contributed by atoms with Crippen molar-refractivity contribution in [2.45, 2.75) is 67.9 Å². The number of allylic oxidation sites excluding steroid dienone is 1. The number of amides is 2. The molecule has 7 nitrogen and oxygen atoms in total. The molecule has 2 amide bonds. The first kappa shape index (κ1) is 28.2. The summed E-state index contributed by atoms with van der Waals surface area (Å²) in [6.45, 7) is 5.05. The molecule has 1 unspecified atom stereocenters. The third-order valence-corrected chi connectivity index (χ3v) is 10.6. The number of thioether (sulfide) groups is 1. The van der Waals surface area contributed by atoms with Crippen LogP contribution in [0.4, 0.5) is 5.69 Å². The Morgan fingerprint density at radius 3 is 2.67 bits per heavy atom. The van der Waals surface area contributed by atoms with E-state index in [2.05, 4.69) is 12.2 Å². The highest BCUT2D eigenvalue weighted by Gasteiger charge is 2.73. The lowest BCUT2D eigenvalue weighted by Crippen LogP contribution is -2.53. The number of halogens is 1. The molecule has 0 radical (unpaired) electrons. The summed E-state index contributed by atoms with van der Waals surface area (Å²) in [6, 6.07) is 4.76. The Balaban J connectivity index is 1.62. The number of rotatable bonds is 6. The van der Waals surface area contributed by atoms with Crippen molar-refractivity contribution in [3.05, 3.63) is 53.1 Å². The van der Waals surface area contributed by atoms with Crippen LogP contribution >= 0.6 is 23.4 Å². The summed E-state index contributed by atoms with van der Waals surface area (Å²) >= 11 is 8.19. The number of nitrogens with zero attached hydrogens (tertiary/aromatic N) is 2. The van der Waals surface area contributed by atoms with Gasteiger partial charge >= 0.3 is 5.97 Å². The van der Waals surface area contributed by atoms with Gasteiger partial charge in [0, 0.05) is 24.4 Å². The van der Waals surface area contributed by atoms with E-state index in [9.17, 15) is 19.5 Å². The van der Waals surface area contributed by atoms with Crippen molar-refractivity contribution in [2.24, 2.45) is 11.8 Å². The standard InChI is InChI=1S/C30H37ClN2O5S/c1-20-12-10-13-21(31)24(20)32-17-11-15-30-22(26(35)33(25(30)27(32)36)16-7-5-8-18-34)23-28(37)38-19-9-4-3-6-14-29(23,2)39-30/h6,10-15,22-23,25,34H,3-5,7-9,16-19H2,1-2H3/b14-6-/t22-,23-,25?,29+,30-/m0/s1. The van der Waals surface area contributed by atoms with E-state index in [1.54, 1.807) is 27.6 Å². The summed E-state index contributed by atoms with van der Waals surface area (Å²) in [5.74, 6) is -2.16. The molecular weight excluding hydrogens is 536 g/mol. The monoisotopic (exact) mass is 572 g/mol. The van der Waals surface area contributed by atoms with E-state index in [-0.39, 0.29) is 24.4 Å². The van der Waals surface area contributed by atoms with Crippen molar-refractivity contribution in [2.75, 3.05) is 31.2 Å². The minimum atomic E-state index is -0.925. The second-order valence-corrected chi connectivity index (χ2v) is 13.3. The van der Waals surface area contributed by atoms with Crippen molar-refractivity contribution in [1.29, 1.82) is 0 Å². The van der Waals surface area contributed by atoms with Crippen LogP contribution in [-0.4, -0.2) is 69.6 Å². The van der Waals surface area contributed by atoms with Gasteiger partial charge in [0.05, 0.1) is 33.9 Å². The number of carbonyl (C=O) groups excluding carboxylic acids is 3. The number of hydrogen-bond donors (Lipinski definition) is 1. The summed E-state index contributed by atoms with van der Waals surface area (Å²) in [6.07, 6.45) is 12.8. The quantitative estimate of drug-likeness (QED) is 0.302. The molecule has 0 saturated carbocycles. The third-order valence-electron chi connectivity index (χ3n) is 8.52. The summed E-state index contributed by atoms with van der Waals surface area (Å²) in [5.41, 5.74) is 1.52. The van der Waals surface area contributed by atoms with Crippen LogP contribution < -0.4 is 4.90 Å². The molecule has 1 spiro atoms. The molecule has 1 aromatic rings. The van der Waals surface area contributed by atoms with Gasteiger partial charge in [0.2, 0.25) is 5.91 Å². The number of cyclic esters (lactones) is 1. The average molecular weight is 573 g/mol. The highest BCUT2D eigenvalue weighted by atomic mass is 35.5.